The molecule has 0 aliphatic carbocycles. The molecule has 1 fully saturated rings. The van der Waals surface area contributed by atoms with Gasteiger partial charge >= 0.3 is 0 Å². The molecule has 30 heavy (non-hydrogen) atoms. The molecular weight excluding hydrogens is 374 g/mol. The lowest BCUT2D eigenvalue weighted by Gasteiger charge is -2.36. The van der Waals surface area contributed by atoms with Crippen molar-refractivity contribution in [3.8, 4) is 17.3 Å². The molecule has 0 spiro atoms. The molecule has 0 amide bonds. The number of nitrogens with zero attached hydrogens (tertiary/aromatic N) is 7. The maximum atomic E-state index is 8.88. The van der Waals surface area contributed by atoms with Gasteiger partial charge in [0.2, 0.25) is 0 Å². The maximum absolute atomic E-state index is 8.88. The van der Waals surface area contributed by atoms with E-state index in [0.717, 1.165) is 61.1 Å². The van der Waals surface area contributed by atoms with Gasteiger partial charge in [-0.1, -0.05) is 24.3 Å². The van der Waals surface area contributed by atoms with E-state index in [9.17, 15) is 0 Å². The topological polar surface area (TPSA) is 73.9 Å². The van der Waals surface area contributed by atoms with E-state index in [2.05, 4.69) is 44.8 Å². The standard InChI is InChI=1S/C23H27N7/c1-17-21(18(2)28(3)27-17)16-29-12-14-30(15-13-29)23-22(25-10-11-26-23)20-6-4-19(5-7-20)8-9-24/h4-7,10-11H,8,12-16H2,1-3H3. The Morgan fingerprint density at radius 2 is 1.70 bits per heavy atom. The number of nitriles is 1. The van der Waals surface area contributed by atoms with Crippen LogP contribution in [-0.2, 0) is 20.0 Å². The Morgan fingerprint density at radius 1 is 1.00 bits per heavy atom. The van der Waals surface area contributed by atoms with Crippen molar-refractivity contribution in [3.05, 3.63) is 59.2 Å². The van der Waals surface area contributed by atoms with Crippen LogP contribution in [0.25, 0.3) is 11.3 Å². The van der Waals surface area contributed by atoms with Crippen LogP contribution >= 0.6 is 0 Å². The molecule has 2 aromatic heterocycles. The van der Waals surface area contributed by atoms with Gasteiger partial charge in [-0.3, -0.25) is 14.6 Å². The molecule has 154 valence electrons. The summed E-state index contributed by atoms with van der Waals surface area (Å²) >= 11 is 0. The second-order valence-corrected chi connectivity index (χ2v) is 7.80. The van der Waals surface area contributed by atoms with Crippen LogP contribution in [-0.4, -0.2) is 50.8 Å². The second kappa shape index (κ2) is 8.64. The summed E-state index contributed by atoms with van der Waals surface area (Å²) in [5.41, 5.74) is 6.64. The molecule has 1 aliphatic heterocycles. The Morgan fingerprint density at radius 3 is 2.33 bits per heavy atom. The number of hydrogen-bond acceptors (Lipinski definition) is 6. The molecule has 4 rings (SSSR count). The number of aromatic nitrogens is 4. The lowest BCUT2D eigenvalue weighted by Crippen LogP contribution is -2.46. The summed E-state index contributed by atoms with van der Waals surface area (Å²) in [7, 11) is 2.01. The van der Waals surface area contributed by atoms with E-state index in [1.807, 2.05) is 36.0 Å². The number of benzene rings is 1. The van der Waals surface area contributed by atoms with Crippen molar-refractivity contribution in [1.82, 2.24) is 24.6 Å². The van der Waals surface area contributed by atoms with E-state index in [1.165, 1.54) is 11.3 Å². The summed E-state index contributed by atoms with van der Waals surface area (Å²) in [5.74, 6) is 0.930. The Labute approximate surface area is 177 Å². The molecule has 0 bridgehead atoms. The Balaban J connectivity index is 1.47. The molecule has 3 aromatic rings. The second-order valence-electron chi connectivity index (χ2n) is 7.80. The predicted molar refractivity (Wildman–Crippen MR) is 117 cm³/mol. The number of piperazine rings is 1. The molecule has 0 N–H and O–H groups in total. The molecule has 0 unspecified atom stereocenters. The van der Waals surface area contributed by atoms with E-state index in [1.54, 1.807) is 12.4 Å². The molecule has 0 atom stereocenters. The largest absolute Gasteiger partial charge is 0.352 e. The number of aryl methyl sites for hydroxylation is 2. The van der Waals surface area contributed by atoms with Crippen LogP contribution in [0.1, 0.15) is 22.5 Å². The summed E-state index contributed by atoms with van der Waals surface area (Å²) in [4.78, 5) is 14.1. The molecule has 1 aliphatic rings. The van der Waals surface area contributed by atoms with Crippen LogP contribution in [0.2, 0.25) is 0 Å². The van der Waals surface area contributed by atoms with Crippen LogP contribution in [0.15, 0.2) is 36.7 Å². The first-order valence-corrected chi connectivity index (χ1v) is 10.3. The first-order valence-electron chi connectivity index (χ1n) is 10.3. The lowest BCUT2D eigenvalue weighted by molar-refractivity contribution is 0.248. The SMILES string of the molecule is Cc1nn(C)c(C)c1CN1CCN(c2nccnc2-c2ccc(CC#N)cc2)CC1. The monoisotopic (exact) mass is 401 g/mol. The lowest BCUT2D eigenvalue weighted by atomic mass is 10.1. The summed E-state index contributed by atoms with van der Waals surface area (Å²) in [6.07, 6.45) is 3.93. The fourth-order valence-electron chi connectivity index (χ4n) is 4.03. The highest BCUT2D eigenvalue weighted by molar-refractivity contribution is 5.72. The van der Waals surface area contributed by atoms with Crippen molar-refractivity contribution in [2.45, 2.75) is 26.8 Å². The third-order valence-electron chi connectivity index (χ3n) is 5.90. The van der Waals surface area contributed by atoms with Gasteiger partial charge in [0, 0.05) is 69.0 Å². The molecular formula is C23H27N7. The quantitative estimate of drug-likeness (QED) is 0.655. The predicted octanol–water partition coefficient (Wildman–Crippen LogP) is 2.88. The zero-order valence-electron chi connectivity index (χ0n) is 17.8. The Hall–Kier alpha value is -3.24. The highest BCUT2D eigenvalue weighted by atomic mass is 15.3. The highest BCUT2D eigenvalue weighted by Gasteiger charge is 2.23. The number of anilines is 1. The molecule has 1 aromatic carbocycles. The minimum atomic E-state index is 0.422. The van der Waals surface area contributed by atoms with Gasteiger partial charge in [0.05, 0.1) is 18.2 Å². The summed E-state index contributed by atoms with van der Waals surface area (Å²) < 4.78 is 1.97. The third kappa shape index (κ3) is 4.05. The van der Waals surface area contributed by atoms with E-state index in [-0.39, 0.29) is 0 Å². The number of rotatable bonds is 5. The smallest absolute Gasteiger partial charge is 0.155 e. The highest BCUT2D eigenvalue weighted by Crippen LogP contribution is 2.28. The summed E-state index contributed by atoms with van der Waals surface area (Å²) in [6, 6.07) is 10.2. The van der Waals surface area contributed by atoms with Crippen molar-refractivity contribution >= 4 is 5.82 Å². The van der Waals surface area contributed by atoms with Gasteiger partial charge in [0.1, 0.15) is 5.69 Å². The van der Waals surface area contributed by atoms with E-state index in [0.29, 0.717) is 6.42 Å². The van der Waals surface area contributed by atoms with Gasteiger partial charge in [0.15, 0.2) is 5.82 Å². The van der Waals surface area contributed by atoms with Gasteiger partial charge in [-0.05, 0) is 19.4 Å². The molecule has 3 heterocycles. The van der Waals surface area contributed by atoms with Crippen molar-refractivity contribution in [3.63, 3.8) is 0 Å². The summed E-state index contributed by atoms with van der Waals surface area (Å²) in [6.45, 7) is 8.95. The first kappa shape index (κ1) is 20.0. The van der Waals surface area contributed by atoms with Gasteiger partial charge in [-0.15, -0.1) is 0 Å². The van der Waals surface area contributed by atoms with E-state index in [4.69, 9.17) is 5.26 Å². The minimum Gasteiger partial charge on any atom is -0.352 e. The van der Waals surface area contributed by atoms with Gasteiger partial charge in [0.25, 0.3) is 0 Å². The van der Waals surface area contributed by atoms with Crippen molar-refractivity contribution in [1.29, 1.82) is 5.26 Å². The minimum absolute atomic E-state index is 0.422. The molecule has 0 radical (unpaired) electrons. The molecule has 1 saturated heterocycles. The third-order valence-corrected chi connectivity index (χ3v) is 5.90. The molecule has 7 heteroatoms. The van der Waals surface area contributed by atoms with Crippen LogP contribution in [0.3, 0.4) is 0 Å². The van der Waals surface area contributed by atoms with Crippen LogP contribution < -0.4 is 4.90 Å². The average molecular weight is 402 g/mol. The van der Waals surface area contributed by atoms with E-state index >= 15 is 0 Å². The Bertz CT molecular complexity index is 1050. The van der Waals surface area contributed by atoms with Crippen molar-refractivity contribution in [2.75, 3.05) is 31.1 Å². The van der Waals surface area contributed by atoms with Gasteiger partial charge < -0.3 is 4.90 Å². The summed E-state index contributed by atoms with van der Waals surface area (Å²) in [5, 5.41) is 13.4. The van der Waals surface area contributed by atoms with Gasteiger partial charge in [-0.2, -0.15) is 10.4 Å². The van der Waals surface area contributed by atoms with E-state index < -0.39 is 0 Å². The maximum Gasteiger partial charge on any atom is 0.155 e. The fourth-order valence-corrected chi connectivity index (χ4v) is 4.03. The van der Waals surface area contributed by atoms with Crippen LogP contribution in [0, 0.1) is 25.2 Å². The fraction of sp³-hybridized carbons (Fsp3) is 0.391. The van der Waals surface area contributed by atoms with Crippen molar-refractivity contribution < 1.29 is 0 Å². The normalized spacial score (nSPS) is 14.7. The zero-order valence-corrected chi connectivity index (χ0v) is 17.8. The average Bonchev–Trinajstić information content (AvgIpc) is 3.01. The number of hydrogen-bond donors (Lipinski definition) is 0. The van der Waals surface area contributed by atoms with Crippen LogP contribution in [0.4, 0.5) is 5.82 Å². The first-order chi connectivity index (χ1) is 14.6. The van der Waals surface area contributed by atoms with Gasteiger partial charge in [-0.25, -0.2) is 4.98 Å². The molecule has 0 saturated carbocycles. The molecule has 7 nitrogen and oxygen atoms in total. The van der Waals surface area contributed by atoms with Crippen molar-refractivity contribution in [2.24, 2.45) is 7.05 Å². The zero-order chi connectivity index (χ0) is 21.1. The Kier molecular flexibility index (Phi) is 5.77. The van der Waals surface area contributed by atoms with Crippen LogP contribution in [0.5, 0.6) is 0 Å².